The summed E-state index contributed by atoms with van der Waals surface area (Å²) in [7, 11) is -4.76. The number of hydrogen-bond donors (Lipinski definition) is 1. The molecule has 7 nitrogen and oxygen atoms in total. The molecule has 1 aliphatic rings. The predicted octanol–water partition coefficient (Wildman–Crippen LogP) is 3.48. The average molecular weight is 539 g/mol. The first-order valence-corrected chi connectivity index (χ1v) is 18.1. The van der Waals surface area contributed by atoms with E-state index in [-0.39, 0.29) is 17.1 Å². The van der Waals surface area contributed by atoms with Crippen LogP contribution in [0.2, 0.25) is 24.7 Å². The Kier molecular flexibility index (Phi) is 7.92. The number of rotatable bonds is 8. The molecular formula is C28H38N2O5Si2. The number of hydrogen-bond acceptors (Lipinski definition) is 5. The minimum atomic E-state index is -2.74. The molecule has 3 aromatic rings. The third kappa shape index (κ3) is 5.81. The van der Waals surface area contributed by atoms with Gasteiger partial charge in [-0.15, -0.1) is 0 Å². The maximum atomic E-state index is 12.6. The minimum Gasteiger partial charge on any atom is -0.410 e. The fourth-order valence-corrected chi connectivity index (χ4v) is 11.0. The van der Waals surface area contributed by atoms with Crippen LogP contribution in [0.25, 0.3) is 0 Å². The molecule has 198 valence electrons. The van der Waals surface area contributed by atoms with E-state index in [0.29, 0.717) is 13.2 Å². The van der Waals surface area contributed by atoms with Gasteiger partial charge >= 0.3 is 5.69 Å². The second kappa shape index (κ2) is 10.7. The summed E-state index contributed by atoms with van der Waals surface area (Å²) in [6.45, 7) is 13.9. The van der Waals surface area contributed by atoms with Crippen LogP contribution in [0.1, 0.15) is 27.0 Å². The summed E-state index contributed by atoms with van der Waals surface area (Å²) in [4.78, 5) is 26.6. The molecule has 1 fully saturated rings. The Hall–Kier alpha value is -2.57. The van der Waals surface area contributed by atoms with Crippen LogP contribution in [0.3, 0.4) is 0 Å². The molecule has 0 radical (unpaired) electrons. The van der Waals surface area contributed by atoms with Crippen molar-refractivity contribution in [2.45, 2.75) is 57.8 Å². The Labute approximate surface area is 220 Å². The lowest BCUT2D eigenvalue weighted by Crippen LogP contribution is -2.67. The van der Waals surface area contributed by atoms with Crippen molar-refractivity contribution in [3.05, 3.63) is 93.8 Å². The first-order valence-electron chi connectivity index (χ1n) is 12.8. The van der Waals surface area contributed by atoms with Crippen molar-refractivity contribution in [1.29, 1.82) is 0 Å². The number of nitrogens with zero attached hydrogens (tertiary/aromatic N) is 1. The third-order valence-electron chi connectivity index (χ3n) is 6.77. The molecule has 0 amide bonds. The normalized spacial score (nSPS) is 20.8. The number of benzene rings is 2. The van der Waals surface area contributed by atoms with E-state index >= 15 is 0 Å². The van der Waals surface area contributed by atoms with E-state index in [9.17, 15) is 9.59 Å². The molecule has 0 unspecified atom stereocenters. The van der Waals surface area contributed by atoms with Gasteiger partial charge in [0.1, 0.15) is 0 Å². The van der Waals surface area contributed by atoms with Crippen molar-refractivity contribution >= 4 is 27.0 Å². The monoisotopic (exact) mass is 538 g/mol. The molecule has 1 aliphatic heterocycles. The Morgan fingerprint density at radius 2 is 1.51 bits per heavy atom. The number of nitrogens with one attached hydrogen (secondary N) is 1. The van der Waals surface area contributed by atoms with E-state index in [0.717, 1.165) is 0 Å². The molecule has 1 N–H and O–H groups in total. The standard InChI is InChI=1S/C28H38N2O5Si2/c1-28(2,3)37(22-13-9-7-10-14-22,23-15-11-8-12-16-23)34-20-21-19-33-26(25(21)35-36(4,5)6)30-18-17-24(31)29-27(30)32/h7-18,21,25-26H,19-20H2,1-6H3,(H,29,31,32)/t21-,25-,26-/m1/s1. The zero-order valence-corrected chi connectivity index (χ0v) is 24.6. The first-order chi connectivity index (χ1) is 17.4. The van der Waals surface area contributed by atoms with Crippen molar-refractivity contribution in [3.8, 4) is 0 Å². The van der Waals surface area contributed by atoms with Crippen molar-refractivity contribution in [1.82, 2.24) is 9.55 Å². The fourth-order valence-electron chi connectivity index (χ4n) is 5.21. The Bertz CT molecular complexity index is 1260. The van der Waals surface area contributed by atoms with Crippen LogP contribution in [0.5, 0.6) is 0 Å². The SMILES string of the molecule is CC(C)(C)[Si](OC[C@H]1CO[C@@H](n2ccc(=O)[nH]c2=O)[C@@H]1O[Si](C)(C)C)(c1ccccc1)c1ccccc1. The van der Waals surface area contributed by atoms with Gasteiger partial charge in [0.25, 0.3) is 13.9 Å². The van der Waals surface area contributed by atoms with E-state index < -0.39 is 34.1 Å². The minimum absolute atomic E-state index is 0.0859. The number of H-pyrrole nitrogens is 1. The van der Waals surface area contributed by atoms with Gasteiger partial charge in [-0.05, 0) is 35.1 Å². The topological polar surface area (TPSA) is 82.5 Å². The van der Waals surface area contributed by atoms with Crippen LogP contribution in [-0.2, 0) is 13.6 Å². The summed E-state index contributed by atoms with van der Waals surface area (Å²) in [5, 5.41) is 2.27. The van der Waals surface area contributed by atoms with Gasteiger partial charge in [0, 0.05) is 24.8 Å². The summed E-state index contributed by atoms with van der Waals surface area (Å²) in [5.41, 5.74) is -0.941. The highest BCUT2D eigenvalue weighted by atomic mass is 28.4. The Balaban J connectivity index is 1.73. The summed E-state index contributed by atoms with van der Waals surface area (Å²) >= 11 is 0. The van der Waals surface area contributed by atoms with E-state index in [2.05, 4.69) is 93.9 Å². The summed E-state index contributed by atoms with van der Waals surface area (Å²) < 4.78 is 21.4. The molecule has 9 heteroatoms. The zero-order valence-electron chi connectivity index (χ0n) is 22.6. The quantitative estimate of drug-likeness (QED) is 0.444. The van der Waals surface area contributed by atoms with Gasteiger partial charge < -0.3 is 13.6 Å². The van der Waals surface area contributed by atoms with Crippen LogP contribution in [-0.4, -0.2) is 45.5 Å². The van der Waals surface area contributed by atoms with E-state index in [4.69, 9.17) is 13.6 Å². The Morgan fingerprint density at radius 3 is 2.00 bits per heavy atom. The predicted molar refractivity (Wildman–Crippen MR) is 152 cm³/mol. The molecule has 2 heterocycles. The number of aromatic amines is 1. The molecule has 0 aliphatic carbocycles. The maximum absolute atomic E-state index is 12.6. The molecule has 0 spiro atoms. The van der Waals surface area contributed by atoms with Crippen molar-refractivity contribution in [2.24, 2.45) is 5.92 Å². The molecule has 2 aromatic carbocycles. The second-order valence-corrected chi connectivity index (χ2v) is 20.4. The van der Waals surface area contributed by atoms with E-state index in [1.807, 2.05) is 12.1 Å². The highest BCUT2D eigenvalue weighted by molar-refractivity contribution is 6.99. The van der Waals surface area contributed by atoms with Crippen LogP contribution in [0, 0.1) is 5.92 Å². The van der Waals surface area contributed by atoms with Gasteiger partial charge in [-0.25, -0.2) is 4.79 Å². The van der Waals surface area contributed by atoms with Crippen LogP contribution < -0.4 is 21.6 Å². The van der Waals surface area contributed by atoms with Gasteiger partial charge in [-0.2, -0.15) is 0 Å². The van der Waals surface area contributed by atoms with Gasteiger partial charge in [0.2, 0.25) is 0 Å². The molecule has 1 saturated heterocycles. The second-order valence-electron chi connectivity index (χ2n) is 11.7. The van der Waals surface area contributed by atoms with Gasteiger partial charge in [-0.3, -0.25) is 14.3 Å². The average Bonchev–Trinajstić information content (AvgIpc) is 3.20. The molecule has 0 bridgehead atoms. The summed E-state index contributed by atoms with van der Waals surface area (Å²) in [6.07, 6.45) is 0.468. The summed E-state index contributed by atoms with van der Waals surface area (Å²) in [5.74, 6) is -0.0859. The lowest BCUT2D eigenvalue weighted by Gasteiger charge is -2.44. The van der Waals surface area contributed by atoms with Gasteiger partial charge in [0.05, 0.1) is 12.7 Å². The Morgan fingerprint density at radius 1 is 0.946 bits per heavy atom. The molecule has 37 heavy (non-hydrogen) atoms. The first kappa shape index (κ1) is 27.5. The van der Waals surface area contributed by atoms with E-state index in [1.54, 1.807) is 0 Å². The third-order valence-corrected chi connectivity index (χ3v) is 12.8. The molecular weight excluding hydrogens is 500 g/mol. The van der Waals surface area contributed by atoms with Crippen LogP contribution in [0.15, 0.2) is 82.5 Å². The van der Waals surface area contributed by atoms with Crippen LogP contribution in [0.4, 0.5) is 0 Å². The lowest BCUT2D eigenvalue weighted by atomic mass is 10.1. The van der Waals surface area contributed by atoms with Crippen LogP contribution >= 0.6 is 0 Å². The zero-order chi connectivity index (χ0) is 26.8. The van der Waals surface area contributed by atoms with Gasteiger partial charge in [0.15, 0.2) is 14.5 Å². The molecule has 0 saturated carbocycles. The smallest absolute Gasteiger partial charge is 0.330 e. The lowest BCUT2D eigenvalue weighted by molar-refractivity contribution is -0.00777. The molecule has 4 rings (SSSR count). The van der Waals surface area contributed by atoms with E-state index in [1.165, 1.54) is 27.2 Å². The fraction of sp³-hybridized carbons (Fsp3) is 0.429. The van der Waals surface area contributed by atoms with Crippen molar-refractivity contribution in [3.63, 3.8) is 0 Å². The highest BCUT2D eigenvalue weighted by Gasteiger charge is 2.52. The number of ether oxygens (including phenoxy) is 1. The number of aromatic nitrogens is 2. The van der Waals surface area contributed by atoms with Crippen molar-refractivity contribution < 1.29 is 13.6 Å². The van der Waals surface area contributed by atoms with Gasteiger partial charge in [-0.1, -0.05) is 81.4 Å². The summed E-state index contributed by atoms with van der Waals surface area (Å²) in [6, 6.07) is 22.4. The largest absolute Gasteiger partial charge is 0.410 e. The molecule has 3 atom stereocenters. The maximum Gasteiger partial charge on any atom is 0.330 e. The van der Waals surface area contributed by atoms with Crippen molar-refractivity contribution in [2.75, 3.05) is 13.2 Å². The molecule has 1 aromatic heterocycles. The highest BCUT2D eigenvalue weighted by Crippen LogP contribution is 2.39.